The maximum absolute atomic E-state index is 13.6. The lowest BCUT2D eigenvalue weighted by atomic mass is 10.0. The molecule has 1 N–H and O–H groups in total. The first-order valence-corrected chi connectivity index (χ1v) is 7.77. The van der Waals surface area contributed by atoms with Crippen LogP contribution in [-0.2, 0) is 0 Å². The maximum atomic E-state index is 13.6. The zero-order valence-electron chi connectivity index (χ0n) is 13.0. The van der Waals surface area contributed by atoms with Crippen LogP contribution >= 0.6 is 0 Å². The summed E-state index contributed by atoms with van der Waals surface area (Å²) in [5, 5.41) is 10.1. The highest BCUT2D eigenvalue weighted by molar-refractivity contribution is 5.19. The lowest BCUT2D eigenvalue weighted by Crippen LogP contribution is -2.31. The van der Waals surface area contributed by atoms with Crippen LogP contribution in [-0.4, -0.2) is 29.6 Å². The van der Waals surface area contributed by atoms with Gasteiger partial charge in [-0.15, -0.1) is 0 Å². The molecule has 0 bridgehead atoms. The predicted octanol–water partition coefficient (Wildman–Crippen LogP) is 4.01. The molecule has 0 fully saturated rings. The minimum Gasteiger partial charge on any atom is -0.388 e. The molecule has 0 aromatic heterocycles. The summed E-state index contributed by atoms with van der Waals surface area (Å²) >= 11 is 0. The first-order valence-electron chi connectivity index (χ1n) is 7.77. The molecule has 0 saturated carbocycles. The van der Waals surface area contributed by atoms with Gasteiger partial charge in [0.05, 0.1) is 6.10 Å². The molecular weight excluding hydrogens is 253 g/mol. The van der Waals surface area contributed by atoms with E-state index in [0.29, 0.717) is 17.9 Å². The van der Waals surface area contributed by atoms with Gasteiger partial charge in [-0.05, 0) is 24.9 Å². The minimum absolute atomic E-state index is 0.317. The Hall–Kier alpha value is -0.930. The van der Waals surface area contributed by atoms with E-state index in [9.17, 15) is 9.50 Å². The monoisotopic (exact) mass is 281 g/mol. The van der Waals surface area contributed by atoms with E-state index in [1.807, 2.05) is 0 Å². The van der Waals surface area contributed by atoms with Crippen molar-refractivity contribution in [3.8, 4) is 0 Å². The number of aliphatic hydroxyl groups excluding tert-OH is 1. The van der Waals surface area contributed by atoms with E-state index in [0.717, 1.165) is 19.6 Å². The van der Waals surface area contributed by atoms with Crippen molar-refractivity contribution in [2.45, 2.75) is 46.1 Å². The fourth-order valence-corrected chi connectivity index (χ4v) is 2.50. The van der Waals surface area contributed by atoms with Crippen LogP contribution in [0.4, 0.5) is 4.39 Å². The van der Waals surface area contributed by atoms with Crippen LogP contribution in [0, 0.1) is 11.7 Å². The first kappa shape index (κ1) is 17.1. The Bertz CT molecular complexity index is 379. The van der Waals surface area contributed by atoms with Crippen molar-refractivity contribution >= 4 is 0 Å². The standard InChI is InChI=1S/C17H28FNO/c1-4-14(5-2)13-19(6-3)12-11-17(20)15-9-7-8-10-16(15)18/h7-10,14,17,20H,4-6,11-13H2,1-3H3. The molecule has 1 atom stereocenters. The van der Waals surface area contributed by atoms with Crippen LogP contribution in [0.25, 0.3) is 0 Å². The number of rotatable bonds is 9. The van der Waals surface area contributed by atoms with E-state index in [4.69, 9.17) is 0 Å². The van der Waals surface area contributed by atoms with Crippen LogP contribution in [0.5, 0.6) is 0 Å². The summed E-state index contributed by atoms with van der Waals surface area (Å²) in [5.41, 5.74) is 0.408. The van der Waals surface area contributed by atoms with Crippen LogP contribution in [0.3, 0.4) is 0 Å². The third kappa shape index (κ3) is 5.22. The molecule has 114 valence electrons. The molecule has 0 aliphatic rings. The average molecular weight is 281 g/mol. The summed E-state index contributed by atoms with van der Waals surface area (Å²) in [5.74, 6) is 0.392. The van der Waals surface area contributed by atoms with Gasteiger partial charge in [-0.3, -0.25) is 0 Å². The number of halogens is 1. The van der Waals surface area contributed by atoms with Crippen molar-refractivity contribution in [1.82, 2.24) is 4.90 Å². The molecule has 1 rings (SSSR count). The molecule has 1 aromatic rings. The Morgan fingerprint density at radius 1 is 1.15 bits per heavy atom. The van der Waals surface area contributed by atoms with Crippen molar-refractivity contribution in [1.29, 1.82) is 0 Å². The largest absolute Gasteiger partial charge is 0.388 e. The van der Waals surface area contributed by atoms with Gasteiger partial charge in [0.25, 0.3) is 0 Å². The second kappa shape index (κ2) is 9.09. The second-order valence-electron chi connectivity index (χ2n) is 5.40. The topological polar surface area (TPSA) is 23.5 Å². The van der Waals surface area contributed by atoms with Gasteiger partial charge in [-0.25, -0.2) is 4.39 Å². The van der Waals surface area contributed by atoms with Gasteiger partial charge in [0.2, 0.25) is 0 Å². The van der Waals surface area contributed by atoms with Crippen molar-refractivity contribution in [3.63, 3.8) is 0 Å². The highest BCUT2D eigenvalue weighted by atomic mass is 19.1. The number of hydrogen-bond donors (Lipinski definition) is 1. The van der Waals surface area contributed by atoms with Crippen molar-refractivity contribution < 1.29 is 9.50 Å². The molecule has 0 radical (unpaired) electrons. The van der Waals surface area contributed by atoms with Crippen LogP contribution in [0.1, 0.15) is 51.7 Å². The summed E-state index contributed by atoms with van der Waals surface area (Å²) in [6.45, 7) is 9.42. The van der Waals surface area contributed by atoms with Gasteiger partial charge < -0.3 is 10.0 Å². The molecule has 0 saturated heterocycles. The summed E-state index contributed by atoms with van der Waals surface area (Å²) in [7, 11) is 0. The Balaban J connectivity index is 2.49. The highest BCUT2D eigenvalue weighted by Gasteiger charge is 2.15. The van der Waals surface area contributed by atoms with Crippen LogP contribution in [0.2, 0.25) is 0 Å². The number of benzene rings is 1. The number of nitrogens with zero attached hydrogens (tertiary/aromatic N) is 1. The van der Waals surface area contributed by atoms with E-state index in [1.165, 1.54) is 18.9 Å². The van der Waals surface area contributed by atoms with E-state index in [-0.39, 0.29) is 5.82 Å². The lowest BCUT2D eigenvalue weighted by Gasteiger charge is -2.26. The average Bonchev–Trinajstić information content (AvgIpc) is 2.48. The maximum Gasteiger partial charge on any atom is 0.128 e. The van der Waals surface area contributed by atoms with Crippen molar-refractivity contribution in [2.75, 3.05) is 19.6 Å². The molecule has 0 aliphatic carbocycles. The smallest absolute Gasteiger partial charge is 0.128 e. The number of aliphatic hydroxyl groups is 1. The highest BCUT2D eigenvalue weighted by Crippen LogP contribution is 2.20. The fraction of sp³-hybridized carbons (Fsp3) is 0.647. The van der Waals surface area contributed by atoms with E-state index in [1.54, 1.807) is 18.2 Å². The predicted molar refractivity (Wildman–Crippen MR) is 82.2 cm³/mol. The van der Waals surface area contributed by atoms with Gasteiger partial charge in [-0.2, -0.15) is 0 Å². The Labute approximate surface area is 122 Å². The van der Waals surface area contributed by atoms with E-state index in [2.05, 4.69) is 25.7 Å². The second-order valence-corrected chi connectivity index (χ2v) is 5.40. The third-order valence-electron chi connectivity index (χ3n) is 4.10. The Kier molecular flexibility index (Phi) is 7.78. The lowest BCUT2D eigenvalue weighted by molar-refractivity contribution is 0.133. The van der Waals surface area contributed by atoms with Gasteiger partial charge in [-0.1, -0.05) is 51.8 Å². The summed E-state index contributed by atoms with van der Waals surface area (Å²) in [4.78, 5) is 2.35. The molecule has 0 spiro atoms. The molecule has 1 aromatic carbocycles. The summed E-state index contributed by atoms with van der Waals surface area (Å²) in [6, 6.07) is 6.48. The molecule has 0 amide bonds. The van der Waals surface area contributed by atoms with Gasteiger partial charge in [0.1, 0.15) is 5.82 Å². The Morgan fingerprint density at radius 3 is 2.35 bits per heavy atom. The van der Waals surface area contributed by atoms with E-state index < -0.39 is 6.10 Å². The normalized spacial score (nSPS) is 13.2. The summed E-state index contributed by atoms with van der Waals surface area (Å²) < 4.78 is 13.6. The van der Waals surface area contributed by atoms with Gasteiger partial charge in [0.15, 0.2) is 0 Å². The van der Waals surface area contributed by atoms with E-state index >= 15 is 0 Å². The van der Waals surface area contributed by atoms with Crippen LogP contribution < -0.4 is 0 Å². The van der Waals surface area contributed by atoms with Crippen molar-refractivity contribution in [2.24, 2.45) is 5.92 Å². The molecular formula is C17H28FNO. The van der Waals surface area contributed by atoms with Crippen molar-refractivity contribution in [3.05, 3.63) is 35.6 Å². The molecule has 0 aliphatic heterocycles. The molecule has 1 unspecified atom stereocenters. The minimum atomic E-state index is -0.716. The summed E-state index contributed by atoms with van der Waals surface area (Å²) in [6.07, 6.45) is 2.23. The SMILES string of the molecule is CCC(CC)CN(CC)CCC(O)c1ccccc1F. The fourth-order valence-electron chi connectivity index (χ4n) is 2.50. The molecule has 20 heavy (non-hydrogen) atoms. The first-order chi connectivity index (χ1) is 9.62. The third-order valence-corrected chi connectivity index (χ3v) is 4.10. The van der Waals surface area contributed by atoms with Gasteiger partial charge in [0, 0.05) is 18.7 Å². The Morgan fingerprint density at radius 2 is 1.80 bits per heavy atom. The molecule has 2 nitrogen and oxygen atoms in total. The number of hydrogen-bond acceptors (Lipinski definition) is 2. The van der Waals surface area contributed by atoms with Gasteiger partial charge >= 0.3 is 0 Å². The zero-order chi connectivity index (χ0) is 15.0. The quantitative estimate of drug-likeness (QED) is 0.739. The molecule has 3 heteroatoms. The zero-order valence-corrected chi connectivity index (χ0v) is 13.0. The van der Waals surface area contributed by atoms with Crippen LogP contribution in [0.15, 0.2) is 24.3 Å². The molecule has 0 heterocycles.